The molecule has 0 aromatic heterocycles. The van der Waals surface area contributed by atoms with Crippen molar-refractivity contribution in [1.29, 1.82) is 0 Å². The first-order valence-electron chi connectivity index (χ1n) is 3.76. The first kappa shape index (κ1) is 10.2. The molecular formula is C7H16ClNO. The number of ether oxygens (including phenoxy) is 1. The molecule has 10 heavy (non-hydrogen) atoms. The smallest absolute Gasteiger partial charge is 0.0700 e. The van der Waals surface area contributed by atoms with Crippen molar-refractivity contribution in [2.75, 3.05) is 19.7 Å². The third-order valence-corrected chi connectivity index (χ3v) is 1.62. The molecule has 0 bridgehead atoms. The van der Waals surface area contributed by atoms with Crippen LogP contribution in [0.1, 0.15) is 19.8 Å². The molecule has 1 heterocycles. The van der Waals surface area contributed by atoms with Gasteiger partial charge in [0.15, 0.2) is 0 Å². The van der Waals surface area contributed by atoms with Gasteiger partial charge in [0.25, 0.3) is 0 Å². The van der Waals surface area contributed by atoms with Gasteiger partial charge in [-0.2, -0.15) is 0 Å². The number of nitrogens with one attached hydrogen (secondary N) is 1. The van der Waals surface area contributed by atoms with Crippen LogP contribution in [-0.2, 0) is 4.74 Å². The molecule has 1 atom stereocenters. The van der Waals surface area contributed by atoms with Crippen molar-refractivity contribution >= 4 is 12.4 Å². The summed E-state index contributed by atoms with van der Waals surface area (Å²) in [4.78, 5) is 0. The van der Waals surface area contributed by atoms with E-state index in [4.69, 9.17) is 4.74 Å². The zero-order valence-corrected chi connectivity index (χ0v) is 7.25. The van der Waals surface area contributed by atoms with Gasteiger partial charge in [-0.1, -0.05) is 13.3 Å². The van der Waals surface area contributed by atoms with Crippen molar-refractivity contribution in [3.05, 3.63) is 0 Å². The summed E-state index contributed by atoms with van der Waals surface area (Å²) < 4.78 is 5.46. The van der Waals surface area contributed by atoms with Gasteiger partial charge in [0, 0.05) is 13.1 Å². The van der Waals surface area contributed by atoms with E-state index >= 15 is 0 Å². The van der Waals surface area contributed by atoms with Crippen LogP contribution in [0.25, 0.3) is 0 Å². The average Bonchev–Trinajstić information content (AvgIpc) is 1.91. The summed E-state index contributed by atoms with van der Waals surface area (Å²) >= 11 is 0. The highest BCUT2D eigenvalue weighted by Crippen LogP contribution is 2.02. The van der Waals surface area contributed by atoms with Gasteiger partial charge in [-0.05, 0) is 6.42 Å². The summed E-state index contributed by atoms with van der Waals surface area (Å²) in [5.41, 5.74) is 0. The second kappa shape index (κ2) is 5.96. The minimum absolute atomic E-state index is 0. The normalized spacial score (nSPS) is 25.5. The molecule has 2 nitrogen and oxygen atoms in total. The number of morpholine rings is 1. The predicted octanol–water partition coefficient (Wildman–Crippen LogP) is 1.20. The van der Waals surface area contributed by atoms with Crippen molar-refractivity contribution in [3.63, 3.8) is 0 Å². The number of rotatable bonds is 2. The Morgan fingerprint density at radius 3 is 2.90 bits per heavy atom. The van der Waals surface area contributed by atoms with E-state index in [1.165, 1.54) is 12.8 Å². The van der Waals surface area contributed by atoms with Crippen LogP contribution in [0.4, 0.5) is 0 Å². The molecule has 1 aliphatic heterocycles. The quantitative estimate of drug-likeness (QED) is 0.664. The molecule has 0 aromatic rings. The van der Waals surface area contributed by atoms with E-state index < -0.39 is 0 Å². The molecule has 0 radical (unpaired) electrons. The van der Waals surface area contributed by atoms with Gasteiger partial charge in [0.05, 0.1) is 12.7 Å². The highest BCUT2D eigenvalue weighted by Gasteiger charge is 2.10. The Balaban J connectivity index is 0.000000810. The molecule has 1 rings (SSSR count). The monoisotopic (exact) mass is 165 g/mol. The third-order valence-electron chi connectivity index (χ3n) is 1.62. The van der Waals surface area contributed by atoms with Crippen molar-refractivity contribution in [2.45, 2.75) is 25.9 Å². The van der Waals surface area contributed by atoms with E-state index in [0.717, 1.165) is 19.7 Å². The predicted molar refractivity (Wildman–Crippen MR) is 44.8 cm³/mol. The fourth-order valence-corrected chi connectivity index (χ4v) is 1.13. The molecular weight excluding hydrogens is 150 g/mol. The fourth-order valence-electron chi connectivity index (χ4n) is 1.13. The van der Waals surface area contributed by atoms with Crippen LogP contribution in [-0.4, -0.2) is 25.8 Å². The molecule has 0 aliphatic carbocycles. The van der Waals surface area contributed by atoms with Gasteiger partial charge in [-0.15, -0.1) is 12.4 Å². The molecule has 0 aromatic carbocycles. The van der Waals surface area contributed by atoms with Crippen LogP contribution in [0.5, 0.6) is 0 Å². The Morgan fingerprint density at radius 2 is 2.40 bits per heavy atom. The maximum Gasteiger partial charge on any atom is 0.0700 e. The third kappa shape index (κ3) is 3.40. The first-order valence-corrected chi connectivity index (χ1v) is 3.76. The minimum Gasteiger partial charge on any atom is -0.376 e. The Hall–Kier alpha value is 0.210. The summed E-state index contributed by atoms with van der Waals surface area (Å²) in [5.74, 6) is 0. The molecule has 1 fully saturated rings. The van der Waals surface area contributed by atoms with E-state index in [1.54, 1.807) is 0 Å². The van der Waals surface area contributed by atoms with Gasteiger partial charge in [-0.3, -0.25) is 0 Å². The Bertz CT molecular complexity index is 71.3. The number of halogens is 1. The maximum atomic E-state index is 5.46. The standard InChI is InChI=1S/C7H15NO.ClH/c1-2-3-7-6-8-4-5-9-7;/h7-8H,2-6H2,1H3;1H. The topological polar surface area (TPSA) is 21.3 Å². The largest absolute Gasteiger partial charge is 0.376 e. The summed E-state index contributed by atoms with van der Waals surface area (Å²) in [6.45, 7) is 5.16. The van der Waals surface area contributed by atoms with Crippen LogP contribution >= 0.6 is 12.4 Å². The fraction of sp³-hybridized carbons (Fsp3) is 1.00. The van der Waals surface area contributed by atoms with Crippen LogP contribution < -0.4 is 5.32 Å². The molecule has 1 unspecified atom stereocenters. The lowest BCUT2D eigenvalue weighted by atomic mass is 10.2. The first-order chi connectivity index (χ1) is 4.43. The zero-order valence-electron chi connectivity index (χ0n) is 6.43. The van der Waals surface area contributed by atoms with E-state index in [1.807, 2.05) is 0 Å². The molecule has 0 amide bonds. The lowest BCUT2D eigenvalue weighted by molar-refractivity contribution is 0.0232. The van der Waals surface area contributed by atoms with Gasteiger partial charge in [0.1, 0.15) is 0 Å². The highest BCUT2D eigenvalue weighted by atomic mass is 35.5. The van der Waals surface area contributed by atoms with Crippen molar-refractivity contribution in [2.24, 2.45) is 0 Å². The van der Waals surface area contributed by atoms with E-state index in [0.29, 0.717) is 6.10 Å². The molecule has 3 heteroatoms. The van der Waals surface area contributed by atoms with Gasteiger partial charge < -0.3 is 10.1 Å². The number of hydrogen-bond acceptors (Lipinski definition) is 2. The van der Waals surface area contributed by atoms with Gasteiger partial charge in [-0.25, -0.2) is 0 Å². The summed E-state index contributed by atoms with van der Waals surface area (Å²) in [6, 6.07) is 0. The molecule has 0 spiro atoms. The lowest BCUT2D eigenvalue weighted by Crippen LogP contribution is -2.38. The minimum atomic E-state index is 0. The summed E-state index contributed by atoms with van der Waals surface area (Å²) in [7, 11) is 0. The molecule has 1 N–H and O–H groups in total. The van der Waals surface area contributed by atoms with Crippen LogP contribution in [0.15, 0.2) is 0 Å². The SMILES string of the molecule is CCCC1CNCCO1.Cl. The van der Waals surface area contributed by atoms with E-state index in [-0.39, 0.29) is 12.4 Å². The number of hydrogen-bond donors (Lipinski definition) is 1. The van der Waals surface area contributed by atoms with Crippen molar-refractivity contribution < 1.29 is 4.74 Å². The Labute approximate surface area is 68.7 Å². The van der Waals surface area contributed by atoms with Crippen LogP contribution in [0.2, 0.25) is 0 Å². The molecule has 0 saturated carbocycles. The van der Waals surface area contributed by atoms with Crippen molar-refractivity contribution in [1.82, 2.24) is 5.32 Å². The van der Waals surface area contributed by atoms with Gasteiger partial charge in [0.2, 0.25) is 0 Å². The summed E-state index contributed by atoms with van der Waals surface area (Å²) in [5, 5.41) is 3.29. The van der Waals surface area contributed by atoms with Gasteiger partial charge >= 0.3 is 0 Å². The van der Waals surface area contributed by atoms with Crippen molar-refractivity contribution in [3.8, 4) is 0 Å². The molecule has 62 valence electrons. The highest BCUT2D eigenvalue weighted by molar-refractivity contribution is 5.85. The van der Waals surface area contributed by atoms with E-state index in [2.05, 4.69) is 12.2 Å². The Morgan fingerprint density at radius 1 is 1.60 bits per heavy atom. The second-order valence-corrected chi connectivity index (χ2v) is 2.49. The Kier molecular flexibility index (Phi) is 6.08. The zero-order chi connectivity index (χ0) is 6.53. The van der Waals surface area contributed by atoms with Crippen LogP contribution in [0, 0.1) is 0 Å². The summed E-state index contributed by atoms with van der Waals surface area (Å²) in [6.07, 6.45) is 2.92. The average molecular weight is 166 g/mol. The van der Waals surface area contributed by atoms with E-state index in [9.17, 15) is 0 Å². The van der Waals surface area contributed by atoms with Crippen LogP contribution in [0.3, 0.4) is 0 Å². The second-order valence-electron chi connectivity index (χ2n) is 2.49. The molecule has 1 aliphatic rings. The lowest BCUT2D eigenvalue weighted by Gasteiger charge is -2.22. The molecule has 1 saturated heterocycles. The maximum absolute atomic E-state index is 5.46.